The number of aliphatic hydroxyl groups excluding tert-OH is 1. The van der Waals surface area contributed by atoms with Crippen molar-refractivity contribution in [3.63, 3.8) is 0 Å². The fourth-order valence-electron chi connectivity index (χ4n) is 1.74. The van der Waals surface area contributed by atoms with Crippen LogP contribution in [0.25, 0.3) is 0 Å². The van der Waals surface area contributed by atoms with E-state index < -0.39 is 12.0 Å². The first kappa shape index (κ1) is 11.2. The van der Waals surface area contributed by atoms with Crippen LogP contribution in [0.15, 0.2) is 12.7 Å². The lowest BCUT2D eigenvalue weighted by atomic mass is 9.95. The van der Waals surface area contributed by atoms with Crippen LogP contribution in [0.1, 0.15) is 6.42 Å². The second-order valence-corrected chi connectivity index (χ2v) is 3.53. The number of aliphatic hydroxyl groups is 1. The Balaban J connectivity index is 2.54. The van der Waals surface area contributed by atoms with E-state index in [1.54, 1.807) is 6.08 Å². The summed E-state index contributed by atoms with van der Waals surface area (Å²) in [4.78, 5) is 13.4. The summed E-state index contributed by atoms with van der Waals surface area (Å²) in [6.45, 7) is 5.76. The van der Waals surface area contributed by atoms with Gasteiger partial charge in [-0.1, -0.05) is 6.08 Å². The Labute approximate surface area is 84.2 Å². The van der Waals surface area contributed by atoms with E-state index >= 15 is 0 Å². The minimum atomic E-state index is -0.566. The molecule has 0 aromatic rings. The van der Waals surface area contributed by atoms with Crippen molar-refractivity contribution in [2.24, 2.45) is 5.92 Å². The number of hydrogen-bond donors (Lipinski definition) is 1. The van der Waals surface area contributed by atoms with E-state index in [4.69, 9.17) is 0 Å². The van der Waals surface area contributed by atoms with Gasteiger partial charge in [0.2, 0.25) is 0 Å². The Hall–Kier alpha value is -0.870. The summed E-state index contributed by atoms with van der Waals surface area (Å²) in [7, 11) is 1.35. The van der Waals surface area contributed by atoms with Crippen molar-refractivity contribution in [2.75, 3.05) is 26.7 Å². The van der Waals surface area contributed by atoms with Crippen molar-refractivity contribution >= 4 is 5.97 Å². The maximum absolute atomic E-state index is 11.3. The Morgan fingerprint density at radius 2 is 2.50 bits per heavy atom. The monoisotopic (exact) mass is 199 g/mol. The number of methoxy groups -OCH3 is 1. The predicted molar refractivity (Wildman–Crippen MR) is 52.8 cm³/mol. The third-order valence-electron chi connectivity index (χ3n) is 2.55. The number of likely N-dealkylation sites (tertiary alicyclic amines) is 1. The average Bonchev–Trinajstić information content (AvgIpc) is 2.20. The number of carbonyl (C=O) groups is 1. The second kappa shape index (κ2) is 5.12. The van der Waals surface area contributed by atoms with E-state index in [2.05, 4.69) is 16.2 Å². The lowest BCUT2D eigenvalue weighted by Gasteiger charge is -2.33. The molecule has 80 valence electrons. The zero-order valence-electron chi connectivity index (χ0n) is 8.48. The molecular weight excluding hydrogens is 182 g/mol. The number of ether oxygens (including phenoxy) is 1. The molecule has 0 radical (unpaired) electrons. The molecule has 0 aromatic heterocycles. The summed E-state index contributed by atoms with van der Waals surface area (Å²) in [5, 5.41) is 9.60. The van der Waals surface area contributed by atoms with E-state index in [9.17, 15) is 9.90 Å². The standard InChI is InChI=1S/C10H17NO3/c1-3-5-11-6-4-9(12)8(7-11)10(13)14-2/h3,8-9,12H,1,4-7H2,2H3. The van der Waals surface area contributed by atoms with Crippen LogP contribution in [-0.4, -0.2) is 48.8 Å². The minimum Gasteiger partial charge on any atom is -0.469 e. The van der Waals surface area contributed by atoms with Crippen LogP contribution < -0.4 is 0 Å². The third-order valence-corrected chi connectivity index (χ3v) is 2.55. The van der Waals surface area contributed by atoms with Gasteiger partial charge in [-0.25, -0.2) is 0 Å². The summed E-state index contributed by atoms with van der Waals surface area (Å²) in [5.74, 6) is -0.736. The molecule has 1 fully saturated rings. The van der Waals surface area contributed by atoms with Gasteiger partial charge in [-0.2, -0.15) is 0 Å². The van der Waals surface area contributed by atoms with Crippen molar-refractivity contribution in [1.82, 2.24) is 4.90 Å². The summed E-state index contributed by atoms with van der Waals surface area (Å²) in [6.07, 6.45) is 1.85. The summed E-state index contributed by atoms with van der Waals surface area (Å²) in [5.41, 5.74) is 0. The van der Waals surface area contributed by atoms with Crippen LogP contribution in [0, 0.1) is 5.92 Å². The first-order valence-corrected chi connectivity index (χ1v) is 4.78. The molecule has 1 heterocycles. The molecule has 1 rings (SSSR count). The van der Waals surface area contributed by atoms with Gasteiger partial charge in [0.05, 0.1) is 19.1 Å². The second-order valence-electron chi connectivity index (χ2n) is 3.53. The van der Waals surface area contributed by atoms with E-state index in [0.29, 0.717) is 13.0 Å². The highest BCUT2D eigenvalue weighted by molar-refractivity contribution is 5.73. The number of piperidine rings is 1. The SMILES string of the molecule is C=CCN1CCC(O)C(C(=O)OC)C1. The Kier molecular flexibility index (Phi) is 4.10. The molecule has 4 nitrogen and oxygen atoms in total. The van der Waals surface area contributed by atoms with Crippen molar-refractivity contribution in [1.29, 1.82) is 0 Å². The zero-order chi connectivity index (χ0) is 10.6. The number of rotatable bonds is 3. The van der Waals surface area contributed by atoms with E-state index in [1.807, 2.05) is 0 Å². The number of hydrogen-bond acceptors (Lipinski definition) is 4. The smallest absolute Gasteiger partial charge is 0.312 e. The van der Waals surface area contributed by atoms with Crippen LogP contribution in [0.5, 0.6) is 0 Å². The van der Waals surface area contributed by atoms with Gasteiger partial charge in [-0.15, -0.1) is 6.58 Å². The molecule has 0 amide bonds. The topological polar surface area (TPSA) is 49.8 Å². The summed E-state index contributed by atoms with van der Waals surface area (Å²) >= 11 is 0. The van der Waals surface area contributed by atoms with Gasteiger partial charge in [0.15, 0.2) is 0 Å². The summed E-state index contributed by atoms with van der Waals surface area (Å²) < 4.78 is 4.64. The molecule has 4 heteroatoms. The fraction of sp³-hybridized carbons (Fsp3) is 0.700. The van der Waals surface area contributed by atoms with Crippen molar-refractivity contribution in [3.8, 4) is 0 Å². The van der Waals surface area contributed by atoms with Gasteiger partial charge < -0.3 is 9.84 Å². The molecule has 0 bridgehead atoms. The van der Waals surface area contributed by atoms with Gasteiger partial charge >= 0.3 is 5.97 Å². The van der Waals surface area contributed by atoms with Crippen LogP contribution in [0.2, 0.25) is 0 Å². The minimum absolute atomic E-state index is 0.328. The largest absolute Gasteiger partial charge is 0.469 e. The first-order chi connectivity index (χ1) is 6.69. The molecule has 0 saturated carbocycles. The first-order valence-electron chi connectivity index (χ1n) is 4.78. The quantitative estimate of drug-likeness (QED) is 0.514. The Morgan fingerprint density at radius 1 is 1.79 bits per heavy atom. The molecule has 2 unspecified atom stereocenters. The molecule has 1 saturated heterocycles. The molecule has 0 aliphatic carbocycles. The van der Waals surface area contributed by atoms with Gasteiger partial charge in [-0.05, 0) is 6.42 Å². The Bertz CT molecular complexity index is 217. The van der Waals surface area contributed by atoms with Gasteiger partial charge in [0, 0.05) is 19.6 Å². The number of carbonyl (C=O) groups excluding carboxylic acids is 1. The highest BCUT2D eigenvalue weighted by Gasteiger charge is 2.33. The maximum Gasteiger partial charge on any atom is 0.312 e. The third kappa shape index (κ3) is 2.56. The molecule has 14 heavy (non-hydrogen) atoms. The zero-order valence-corrected chi connectivity index (χ0v) is 8.48. The number of nitrogens with zero attached hydrogens (tertiary/aromatic N) is 1. The molecular formula is C10H17NO3. The van der Waals surface area contributed by atoms with Crippen LogP contribution in [-0.2, 0) is 9.53 Å². The lowest BCUT2D eigenvalue weighted by Crippen LogP contribution is -2.46. The van der Waals surface area contributed by atoms with E-state index in [0.717, 1.165) is 13.1 Å². The average molecular weight is 199 g/mol. The molecule has 1 N–H and O–H groups in total. The van der Waals surface area contributed by atoms with Crippen LogP contribution in [0.3, 0.4) is 0 Å². The normalized spacial score (nSPS) is 28.4. The molecule has 1 aliphatic heterocycles. The fourth-order valence-corrected chi connectivity index (χ4v) is 1.74. The Morgan fingerprint density at radius 3 is 3.07 bits per heavy atom. The molecule has 2 atom stereocenters. The lowest BCUT2D eigenvalue weighted by molar-refractivity contribution is -0.152. The van der Waals surface area contributed by atoms with Crippen LogP contribution >= 0.6 is 0 Å². The molecule has 0 aromatic carbocycles. The van der Waals surface area contributed by atoms with Crippen molar-refractivity contribution in [3.05, 3.63) is 12.7 Å². The van der Waals surface area contributed by atoms with Gasteiger partial charge in [0.25, 0.3) is 0 Å². The highest BCUT2D eigenvalue weighted by atomic mass is 16.5. The molecule has 1 aliphatic rings. The summed E-state index contributed by atoms with van der Waals surface area (Å²) in [6, 6.07) is 0. The van der Waals surface area contributed by atoms with E-state index in [-0.39, 0.29) is 5.97 Å². The van der Waals surface area contributed by atoms with Crippen molar-refractivity contribution < 1.29 is 14.6 Å². The highest BCUT2D eigenvalue weighted by Crippen LogP contribution is 2.18. The number of esters is 1. The van der Waals surface area contributed by atoms with Crippen LogP contribution in [0.4, 0.5) is 0 Å². The van der Waals surface area contributed by atoms with E-state index in [1.165, 1.54) is 7.11 Å². The van der Waals surface area contributed by atoms with Gasteiger partial charge in [0.1, 0.15) is 0 Å². The molecule has 0 spiro atoms. The maximum atomic E-state index is 11.3. The van der Waals surface area contributed by atoms with Crippen molar-refractivity contribution in [2.45, 2.75) is 12.5 Å². The van der Waals surface area contributed by atoms with Gasteiger partial charge in [-0.3, -0.25) is 9.69 Å². The predicted octanol–water partition coefficient (Wildman–Crippen LogP) is 0.0282.